The Morgan fingerprint density at radius 2 is 1.79 bits per heavy atom. The van der Waals surface area contributed by atoms with Crippen molar-refractivity contribution >= 4 is 17.4 Å². The summed E-state index contributed by atoms with van der Waals surface area (Å²) < 4.78 is 0. The summed E-state index contributed by atoms with van der Waals surface area (Å²) in [5.74, 6) is 1.07. The Bertz CT molecular complexity index is 719. The first-order valence-corrected chi connectivity index (χ1v) is 8.46. The van der Waals surface area contributed by atoms with Crippen molar-refractivity contribution in [1.82, 2.24) is 10.2 Å². The van der Waals surface area contributed by atoms with Crippen LogP contribution in [-0.4, -0.2) is 29.2 Å². The molecule has 0 atom stereocenters. The Kier molecular flexibility index (Phi) is 4.79. The zero-order valence-electron chi connectivity index (χ0n) is 14.5. The van der Waals surface area contributed by atoms with Crippen molar-refractivity contribution in [3.05, 3.63) is 47.2 Å². The molecule has 3 rings (SSSR count). The first-order chi connectivity index (χ1) is 11.5. The van der Waals surface area contributed by atoms with Crippen molar-refractivity contribution in [1.29, 1.82) is 0 Å². The molecule has 0 radical (unpaired) electrons. The molecule has 0 spiro atoms. The van der Waals surface area contributed by atoms with E-state index in [1.54, 1.807) is 0 Å². The molecule has 24 heavy (non-hydrogen) atoms. The third kappa shape index (κ3) is 3.72. The van der Waals surface area contributed by atoms with Gasteiger partial charge in [0.2, 0.25) is 5.91 Å². The molecule has 1 aromatic carbocycles. The lowest BCUT2D eigenvalue weighted by Crippen LogP contribution is -2.38. The maximum atomic E-state index is 12.5. The molecule has 1 fully saturated rings. The zero-order chi connectivity index (χ0) is 17.1. The van der Waals surface area contributed by atoms with Gasteiger partial charge in [-0.15, -0.1) is 5.10 Å². The molecule has 1 saturated heterocycles. The number of anilines is 2. The largest absolute Gasteiger partial charge is 0.355 e. The fourth-order valence-electron chi connectivity index (χ4n) is 2.99. The summed E-state index contributed by atoms with van der Waals surface area (Å²) in [5.41, 5.74) is 4.23. The fourth-order valence-corrected chi connectivity index (χ4v) is 2.99. The van der Waals surface area contributed by atoms with Crippen molar-refractivity contribution < 1.29 is 4.79 Å². The third-order valence-corrected chi connectivity index (χ3v) is 4.75. The van der Waals surface area contributed by atoms with E-state index >= 15 is 0 Å². The van der Waals surface area contributed by atoms with Gasteiger partial charge in [0.05, 0.1) is 5.69 Å². The van der Waals surface area contributed by atoms with Crippen molar-refractivity contribution in [2.45, 2.75) is 33.6 Å². The fraction of sp³-hybridized carbons (Fsp3) is 0.421. The van der Waals surface area contributed by atoms with Gasteiger partial charge in [-0.3, -0.25) is 4.79 Å². The maximum absolute atomic E-state index is 12.5. The molecule has 0 unspecified atom stereocenters. The van der Waals surface area contributed by atoms with Crippen LogP contribution in [-0.2, 0) is 4.79 Å². The number of hydrogen-bond acceptors (Lipinski definition) is 4. The van der Waals surface area contributed by atoms with E-state index < -0.39 is 0 Å². The van der Waals surface area contributed by atoms with Gasteiger partial charge in [0.25, 0.3) is 0 Å². The summed E-state index contributed by atoms with van der Waals surface area (Å²) in [7, 11) is 0. The minimum Gasteiger partial charge on any atom is -0.355 e. The van der Waals surface area contributed by atoms with Crippen molar-refractivity contribution in [2.24, 2.45) is 5.92 Å². The highest BCUT2D eigenvalue weighted by Gasteiger charge is 2.25. The Balaban J connectivity index is 1.56. The number of aromatic nitrogens is 2. The normalized spacial score (nSPS) is 15.4. The van der Waals surface area contributed by atoms with Gasteiger partial charge in [0.1, 0.15) is 0 Å². The highest BCUT2D eigenvalue weighted by Crippen LogP contribution is 2.23. The molecular formula is C19H24N4O. The summed E-state index contributed by atoms with van der Waals surface area (Å²) in [6.07, 6.45) is 1.68. The molecular weight excluding hydrogens is 300 g/mol. The number of amides is 1. The van der Waals surface area contributed by atoms with E-state index in [2.05, 4.69) is 34.3 Å². The van der Waals surface area contributed by atoms with Crippen LogP contribution in [0.2, 0.25) is 0 Å². The van der Waals surface area contributed by atoms with E-state index in [-0.39, 0.29) is 11.8 Å². The van der Waals surface area contributed by atoms with Gasteiger partial charge in [-0.05, 0) is 69.0 Å². The van der Waals surface area contributed by atoms with Crippen LogP contribution in [0.15, 0.2) is 30.3 Å². The second-order valence-corrected chi connectivity index (χ2v) is 6.58. The quantitative estimate of drug-likeness (QED) is 0.941. The van der Waals surface area contributed by atoms with Crippen molar-refractivity contribution in [3.63, 3.8) is 0 Å². The third-order valence-electron chi connectivity index (χ3n) is 4.75. The standard InChI is InChI=1S/C19H24N4O/c1-13-4-6-17(12-14(13)2)20-19(24)16-8-10-23(11-9-16)18-7-5-15(3)21-22-18/h4-7,12,16H,8-11H2,1-3H3,(H,20,24). The van der Waals surface area contributed by atoms with Crippen LogP contribution < -0.4 is 10.2 Å². The molecule has 0 aliphatic carbocycles. The van der Waals surface area contributed by atoms with E-state index in [0.29, 0.717) is 0 Å². The lowest BCUT2D eigenvalue weighted by molar-refractivity contribution is -0.120. The van der Waals surface area contributed by atoms with Gasteiger partial charge in [0.15, 0.2) is 5.82 Å². The van der Waals surface area contributed by atoms with E-state index in [1.165, 1.54) is 11.1 Å². The maximum Gasteiger partial charge on any atom is 0.227 e. The van der Waals surface area contributed by atoms with Crippen LogP contribution in [0.5, 0.6) is 0 Å². The lowest BCUT2D eigenvalue weighted by atomic mass is 9.95. The summed E-state index contributed by atoms with van der Waals surface area (Å²) in [4.78, 5) is 14.7. The van der Waals surface area contributed by atoms with Crippen molar-refractivity contribution in [3.8, 4) is 0 Å². The van der Waals surface area contributed by atoms with Gasteiger partial charge in [0, 0.05) is 24.7 Å². The number of aryl methyl sites for hydroxylation is 3. The minimum atomic E-state index is 0.0567. The predicted octanol–water partition coefficient (Wildman–Crippen LogP) is 3.26. The number of hydrogen-bond donors (Lipinski definition) is 1. The molecule has 126 valence electrons. The summed E-state index contributed by atoms with van der Waals surface area (Å²) in [6, 6.07) is 10.0. The molecule has 0 bridgehead atoms. The topological polar surface area (TPSA) is 58.1 Å². The summed E-state index contributed by atoms with van der Waals surface area (Å²) in [5, 5.41) is 11.4. The number of nitrogens with one attached hydrogen (secondary N) is 1. The van der Waals surface area contributed by atoms with Gasteiger partial charge >= 0.3 is 0 Å². The highest BCUT2D eigenvalue weighted by atomic mass is 16.1. The molecule has 2 heterocycles. The molecule has 1 aliphatic heterocycles. The second kappa shape index (κ2) is 6.99. The SMILES string of the molecule is Cc1ccc(N2CCC(C(=O)Nc3ccc(C)c(C)c3)CC2)nn1. The molecule has 2 aromatic rings. The minimum absolute atomic E-state index is 0.0567. The van der Waals surface area contributed by atoms with Crippen LogP contribution in [0.3, 0.4) is 0 Å². The van der Waals surface area contributed by atoms with Crippen LogP contribution >= 0.6 is 0 Å². The number of carbonyl (C=O) groups excluding carboxylic acids is 1. The van der Waals surface area contributed by atoms with Crippen LogP contribution in [0, 0.1) is 26.7 Å². The molecule has 1 aliphatic rings. The summed E-state index contributed by atoms with van der Waals surface area (Å²) in [6.45, 7) is 7.74. The summed E-state index contributed by atoms with van der Waals surface area (Å²) >= 11 is 0. The average molecular weight is 324 g/mol. The van der Waals surface area contributed by atoms with Gasteiger partial charge in [-0.25, -0.2) is 0 Å². The molecule has 0 saturated carbocycles. The van der Waals surface area contributed by atoms with E-state index in [4.69, 9.17) is 0 Å². The van der Waals surface area contributed by atoms with Crippen LogP contribution in [0.25, 0.3) is 0 Å². The molecule has 1 aromatic heterocycles. The Morgan fingerprint density at radius 1 is 1.04 bits per heavy atom. The van der Waals surface area contributed by atoms with Crippen molar-refractivity contribution in [2.75, 3.05) is 23.3 Å². The number of rotatable bonds is 3. The van der Waals surface area contributed by atoms with Crippen LogP contribution in [0.4, 0.5) is 11.5 Å². The predicted molar refractivity (Wildman–Crippen MR) is 96.3 cm³/mol. The Hall–Kier alpha value is -2.43. The van der Waals surface area contributed by atoms with E-state index in [9.17, 15) is 4.79 Å². The van der Waals surface area contributed by atoms with E-state index in [0.717, 1.165) is 43.1 Å². The first-order valence-electron chi connectivity index (χ1n) is 8.46. The molecule has 1 amide bonds. The van der Waals surface area contributed by atoms with Crippen LogP contribution in [0.1, 0.15) is 29.7 Å². The molecule has 5 heteroatoms. The number of piperidine rings is 1. The Labute approximate surface area is 143 Å². The second-order valence-electron chi connectivity index (χ2n) is 6.58. The van der Waals surface area contributed by atoms with Gasteiger partial charge < -0.3 is 10.2 Å². The highest BCUT2D eigenvalue weighted by molar-refractivity contribution is 5.92. The van der Waals surface area contributed by atoms with E-state index in [1.807, 2.05) is 37.3 Å². The zero-order valence-corrected chi connectivity index (χ0v) is 14.5. The number of nitrogens with zero attached hydrogens (tertiary/aromatic N) is 3. The Morgan fingerprint density at radius 3 is 2.42 bits per heavy atom. The number of benzene rings is 1. The smallest absolute Gasteiger partial charge is 0.227 e. The first kappa shape index (κ1) is 16.4. The van der Waals surface area contributed by atoms with Gasteiger partial charge in [-0.1, -0.05) is 6.07 Å². The number of carbonyl (C=O) groups is 1. The average Bonchev–Trinajstić information content (AvgIpc) is 2.59. The van der Waals surface area contributed by atoms with Gasteiger partial charge in [-0.2, -0.15) is 5.10 Å². The molecule has 5 nitrogen and oxygen atoms in total. The monoisotopic (exact) mass is 324 g/mol. The lowest BCUT2D eigenvalue weighted by Gasteiger charge is -2.31. The molecule has 1 N–H and O–H groups in total.